The van der Waals surface area contributed by atoms with Crippen molar-refractivity contribution in [3.63, 3.8) is 0 Å². The molecular weight excluding hydrogens is 290 g/mol. The number of carbonyl (C=O) groups is 1. The van der Waals surface area contributed by atoms with Crippen molar-refractivity contribution in [3.05, 3.63) is 47.3 Å². The van der Waals surface area contributed by atoms with Gasteiger partial charge in [0.25, 0.3) is 0 Å². The summed E-state index contributed by atoms with van der Waals surface area (Å²) in [6.45, 7) is 9.63. The van der Waals surface area contributed by atoms with Crippen molar-refractivity contribution >= 4 is 6.09 Å². The predicted molar refractivity (Wildman–Crippen MR) is 92.1 cm³/mol. The first-order valence-corrected chi connectivity index (χ1v) is 8.26. The van der Waals surface area contributed by atoms with Gasteiger partial charge in [-0.3, -0.25) is 0 Å². The lowest BCUT2D eigenvalue weighted by Gasteiger charge is -2.29. The number of carbonyl (C=O) groups excluding carboxylic acids is 1. The molecule has 0 aromatic heterocycles. The highest BCUT2D eigenvalue weighted by molar-refractivity contribution is 5.69. The minimum absolute atomic E-state index is 0.239. The molecule has 1 heterocycles. The van der Waals surface area contributed by atoms with Crippen molar-refractivity contribution < 1.29 is 14.3 Å². The highest BCUT2D eigenvalue weighted by atomic mass is 16.6. The number of hydrogen-bond donors (Lipinski definition) is 0. The Balaban J connectivity index is 2.00. The normalized spacial score (nSPS) is 18.6. The topological polar surface area (TPSA) is 38.8 Å². The van der Waals surface area contributed by atoms with Crippen LogP contribution in [0.4, 0.5) is 4.79 Å². The molecule has 1 aliphatic heterocycles. The van der Waals surface area contributed by atoms with Crippen molar-refractivity contribution in [1.29, 1.82) is 0 Å². The smallest absolute Gasteiger partial charge is 0.410 e. The van der Waals surface area contributed by atoms with E-state index < -0.39 is 5.60 Å². The maximum absolute atomic E-state index is 12.1. The Bertz CT molecular complexity index is 562. The van der Waals surface area contributed by atoms with Crippen LogP contribution in [0.3, 0.4) is 0 Å². The molecule has 2 aliphatic rings. The number of amides is 1. The van der Waals surface area contributed by atoms with Crippen molar-refractivity contribution in [2.24, 2.45) is 0 Å². The standard InChI is InChI=1S/C19H27NO3/c1-5-22-17-8-6-7-15(9-10-17)16-11-13-20(14-12-16)18(21)23-19(2,3)4/h6-7,9-11H,5,8,12-14H2,1-4H3. The Kier molecular flexibility index (Phi) is 5.69. The van der Waals surface area contributed by atoms with E-state index in [1.807, 2.05) is 33.8 Å². The summed E-state index contributed by atoms with van der Waals surface area (Å²) >= 11 is 0. The molecule has 1 amide bonds. The lowest BCUT2D eigenvalue weighted by molar-refractivity contribution is 0.0266. The Morgan fingerprint density at radius 2 is 2.09 bits per heavy atom. The maximum atomic E-state index is 12.1. The van der Waals surface area contributed by atoms with Gasteiger partial charge in [-0.2, -0.15) is 0 Å². The third-order valence-corrected chi connectivity index (χ3v) is 3.63. The van der Waals surface area contributed by atoms with E-state index in [9.17, 15) is 4.79 Å². The minimum atomic E-state index is -0.450. The molecule has 0 aromatic rings. The Morgan fingerprint density at radius 3 is 2.70 bits per heavy atom. The van der Waals surface area contributed by atoms with E-state index in [4.69, 9.17) is 9.47 Å². The zero-order valence-corrected chi connectivity index (χ0v) is 14.6. The number of hydrogen-bond acceptors (Lipinski definition) is 3. The first-order valence-electron chi connectivity index (χ1n) is 8.26. The molecule has 0 saturated carbocycles. The van der Waals surface area contributed by atoms with Crippen LogP contribution in [0.1, 0.15) is 40.5 Å². The average Bonchev–Trinajstić information content (AvgIpc) is 2.72. The molecule has 4 heteroatoms. The van der Waals surface area contributed by atoms with Gasteiger partial charge in [0.2, 0.25) is 0 Å². The van der Waals surface area contributed by atoms with Crippen molar-refractivity contribution in [3.8, 4) is 0 Å². The summed E-state index contributed by atoms with van der Waals surface area (Å²) in [6, 6.07) is 0. The van der Waals surface area contributed by atoms with E-state index >= 15 is 0 Å². The highest BCUT2D eigenvalue weighted by Crippen LogP contribution is 2.24. The average molecular weight is 317 g/mol. The summed E-state index contributed by atoms with van der Waals surface area (Å²) in [5.41, 5.74) is 2.02. The lowest BCUT2D eigenvalue weighted by atomic mass is 9.99. The quantitative estimate of drug-likeness (QED) is 0.776. The molecule has 2 rings (SSSR count). The summed E-state index contributed by atoms with van der Waals surface area (Å²) in [4.78, 5) is 13.8. The van der Waals surface area contributed by atoms with Crippen LogP contribution in [0.2, 0.25) is 0 Å². The highest BCUT2D eigenvalue weighted by Gasteiger charge is 2.24. The van der Waals surface area contributed by atoms with Crippen LogP contribution in [0.15, 0.2) is 47.3 Å². The van der Waals surface area contributed by atoms with E-state index in [0.717, 1.165) is 18.6 Å². The van der Waals surface area contributed by atoms with E-state index in [-0.39, 0.29) is 6.09 Å². The fourth-order valence-corrected chi connectivity index (χ4v) is 2.54. The lowest BCUT2D eigenvalue weighted by Crippen LogP contribution is -2.39. The fraction of sp³-hybridized carbons (Fsp3) is 0.526. The Morgan fingerprint density at radius 1 is 1.30 bits per heavy atom. The molecule has 0 N–H and O–H groups in total. The first kappa shape index (κ1) is 17.4. The van der Waals surface area contributed by atoms with Crippen LogP contribution >= 0.6 is 0 Å². The van der Waals surface area contributed by atoms with Gasteiger partial charge in [-0.05, 0) is 51.3 Å². The summed E-state index contributed by atoms with van der Waals surface area (Å²) in [6.07, 6.45) is 11.9. The zero-order valence-electron chi connectivity index (χ0n) is 14.6. The van der Waals surface area contributed by atoms with Crippen LogP contribution in [0, 0.1) is 0 Å². The monoisotopic (exact) mass is 317 g/mol. The summed E-state index contributed by atoms with van der Waals surface area (Å²) < 4.78 is 11.0. The van der Waals surface area contributed by atoms with E-state index in [1.54, 1.807) is 4.90 Å². The van der Waals surface area contributed by atoms with Gasteiger partial charge >= 0.3 is 6.09 Å². The van der Waals surface area contributed by atoms with Gasteiger partial charge in [0, 0.05) is 19.5 Å². The molecule has 4 nitrogen and oxygen atoms in total. The largest absolute Gasteiger partial charge is 0.498 e. The van der Waals surface area contributed by atoms with Gasteiger partial charge in [0.1, 0.15) is 5.60 Å². The summed E-state index contributed by atoms with van der Waals surface area (Å²) in [5.74, 6) is 0.991. The summed E-state index contributed by atoms with van der Waals surface area (Å²) in [5, 5.41) is 0. The third-order valence-electron chi connectivity index (χ3n) is 3.63. The molecule has 0 bridgehead atoms. The number of rotatable bonds is 3. The zero-order chi connectivity index (χ0) is 16.9. The van der Waals surface area contributed by atoms with E-state index in [1.165, 1.54) is 11.1 Å². The van der Waals surface area contributed by atoms with Crippen LogP contribution < -0.4 is 0 Å². The van der Waals surface area contributed by atoms with Gasteiger partial charge in [0.05, 0.1) is 12.4 Å². The van der Waals surface area contributed by atoms with E-state index in [0.29, 0.717) is 19.7 Å². The molecular formula is C19H27NO3. The number of nitrogens with zero attached hydrogens (tertiary/aromatic N) is 1. The van der Waals surface area contributed by atoms with Crippen molar-refractivity contribution in [2.75, 3.05) is 19.7 Å². The van der Waals surface area contributed by atoms with Gasteiger partial charge in [0.15, 0.2) is 0 Å². The molecule has 0 unspecified atom stereocenters. The molecule has 0 aromatic carbocycles. The number of allylic oxidation sites excluding steroid dienone is 5. The van der Waals surface area contributed by atoms with Crippen molar-refractivity contribution in [2.45, 2.75) is 46.1 Å². The molecule has 0 fully saturated rings. The van der Waals surface area contributed by atoms with Crippen molar-refractivity contribution in [1.82, 2.24) is 4.90 Å². The fourth-order valence-electron chi connectivity index (χ4n) is 2.54. The minimum Gasteiger partial charge on any atom is -0.498 e. The molecule has 0 radical (unpaired) electrons. The Labute approximate surface area is 139 Å². The number of ether oxygens (including phenoxy) is 2. The predicted octanol–water partition coefficient (Wildman–Crippen LogP) is 4.36. The Hall–Kier alpha value is -1.97. The van der Waals surface area contributed by atoms with Crippen LogP contribution in [0.25, 0.3) is 0 Å². The molecule has 0 spiro atoms. The van der Waals surface area contributed by atoms with Gasteiger partial charge in [-0.25, -0.2) is 4.79 Å². The van der Waals surface area contributed by atoms with Crippen LogP contribution in [0.5, 0.6) is 0 Å². The van der Waals surface area contributed by atoms with Gasteiger partial charge in [-0.15, -0.1) is 0 Å². The molecule has 0 saturated heterocycles. The first-order chi connectivity index (χ1) is 10.9. The SMILES string of the molecule is CCOC1=CC=C(C2=CCN(C(=O)OC(C)(C)C)CC2)C=CC1. The van der Waals surface area contributed by atoms with E-state index in [2.05, 4.69) is 24.3 Å². The summed E-state index contributed by atoms with van der Waals surface area (Å²) in [7, 11) is 0. The van der Waals surface area contributed by atoms with Gasteiger partial charge < -0.3 is 14.4 Å². The molecule has 126 valence electrons. The second-order valence-electron chi connectivity index (χ2n) is 6.70. The third kappa shape index (κ3) is 5.31. The van der Waals surface area contributed by atoms with Gasteiger partial charge in [-0.1, -0.05) is 24.3 Å². The molecule has 1 aliphatic carbocycles. The second-order valence-corrected chi connectivity index (χ2v) is 6.70. The molecule has 23 heavy (non-hydrogen) atoms. The van der Waals surface area contributed by atoms with Crippen LogP contribution in [-0.4, -0.2) is 36.3 Å². The second kappa shape index (κ2) is 7.53. The maximum Gasteiger partial charge on any atom is 0.410 e. The van der Waals surface area contributed by atoms with Crippen LogP contribution in [-0.2, 0) is 9.47 Å². The molecule has 0 atom stereocenters.